The quantitative estimate of drug-likeness (QED) is 0.603. The van der Waals surface area contributed by atoms with Gasteiger partial charge in [-0.15, -0.1) is 0 Å². The van der Waals surface area contributed by atoms with Crippen LogP contribution >= 0.6 is 0 Å². The number of ether oxygens (including phenoxy) is 2. The number of carbonyl (C=O) groups is 1. The molecule has 2 N–H and O–H groups in total. The molecule has 0 radical (unpaired) electrons. The average molecular weight is 269 g/mol. The zero-order valence-electron chi connectivity index (χ0n) is 11.3. The summed E-state index contributed by atoms with van der Waals surface area (Å²) >= 11 is 0. The van der Waals surface area contributed by atoms with Crippen molar-refractivity contribution in [3.05, 3.63) is 35.6 Å². The van der Waals surface area contributed by atoms with Gasteiger partial charge in [-0.25, -0.2) is 4.39 Å². The van der Waals surface area contributed by atoms with Gasteiger partial charge >= 0.3 is 5.97 Å². The monoisotopic (exact) mass is 269 g/mol. The predicted octanol–water partition coefficient (Wildman–Crippen LogP) is 1.62. The highest BCUT2D eigenvalue weighted by atomic mass is 19.1. The molecule has 0 aliphatic rings. The van der Waals surface area contributed by atoms with Gasteiger partial charge in [-0.05, 0) is 30.5 Å². The molecule has 0 spiro atoms. The first-order valence-corrected chi connectivity index (χ1v) is 6.14. The molecule has 0 aliphatic carbocycles. The lowest BCUT2D eigenvalue weighted by Gasteiger charge is -2.30. The van der Waals surface area contributed by atoms with Crippen LogP contribution in [0.3, 0.4) is 0 Å². The van der Waals surface area contributed by atoms with Crippen molar-refractivity contribution in [2.75, 3.05) is 27.4 Å². The number of hydrogen-bond acceptors (Lipinski definition) is 4. The fraction of sp³-hybridized carbons (Fsp3) is 0.500. The lowest BCUT2D eigenvalue weighted by molar-refractivity contribution is -0.147. The van der Waals surface area contributed by atoms with Gasteiger partial charge in [0.15, 0.2) is 0 Å². The molecule has 1 atom stereocenters. The van der Waals surface area contributed by atoms with Crippen molar-refractivity contribution in [2.24, 2.45) is 5.73 Å². The van der Waals surface area contributed by atoms with Gasteiger partial charge in [0.1, 0.15) is 11.2 Å². The van der Waals surface area contributed by atoms with Crippen LogP contribution in [0, 0.1) is 5.82 Å². The second kappa shape index (κ2) is 7.21. The lowest BCUT2D eigenvalue weighted by atomic mass is 9.76. The largest absolute Gasteiger partial charge is 0.468 e. The molecule has 0 aliphatic heterocycles. The molecule has 1 aromatic rings. The predicted molar refractivity (Wildman–Crippen MR) is 70.3 cm³/mol. The number of rotatable bonds is 7. The summed E-state index contributed by atoms with van der Waals surface area (Å²) in [6.07, 6.45) is 1.16. The first kappa shape index (κ1) is 15.6. The van der Waals surface area contributed by atoms with Gasteiger partial charge in [0.05, 0.1) is 7.11 Å². The van der Waals surface area contributed by atoms with E-state index >= 15 is 0 Å². The first-order chi connectivity index (χ1) is 9.10. The molecule has 0 fully saturated rings. The minimum absolute atomic E-state index is 0.106. The van der Waals surface area contributed by atoms with Gasteiger partial charge in [0.25, 0.3) is 0 Å². The highest BCUT2D eigenvalue weighted by Gasteiger charge is 2.39. The molecular formula is C14H20FNO3. The molecule has 4 nitrogen and oxygen atoms in total. The number of hydrogen-bond donors (Lipinski definition) is 1. The molecule has 0 amide bonds. The van der Waals surface area contributed by atoms with Crippen molar-refractivity contribution in [2.45, 2.75) is 18.3 Å². The van der Waals surface area contributed by atoms with Gasteiger partial charge in [-0.3, -0.25) is 4.79 Å². The van der Waals surface area contributed by atoms with Crippen molar-refractivity contribution in [1.29, 1.82) is 0 Å². The van der Waals surface area contributed by atoms with E-state index in [0.717, 1.165) is 0 Å². The summed E-state index contributed by atoms with van der Waals surface area (Å²) in [4.78, 5) is 12.1. The Morgan fingerprint density at radius 2 is 1.95 bits per heavy atom. The number of benzene rings is 1. The number of halogens is 1. The van der Waals surface area contributed by atoms with Crippen LogP contribution in [0.2, 0.25) is 0 Å². The lowest BCUT2D eigenvalue weighted by Crippen LogP contribution is -2.44. The molecule has 0 aromatic heterocycles. The zero-order chi connectivity index (χ0) is 14.3. The topological polar surface area (TPSA) is 61.5 Å². The third-order valence-corrected chi connectivity index (χ3v) is 3.27. The van der Waals surface area contributed by atoms with E-state index in [1.165, 1.54) is 19.2 Å². The van der Waals surface area contributed by atoms with E-state index in [0.29, 0.717) is 25.0 Å². The summed E-state index contributed by atoms with van der Waals surface area (Å²) in [5.74, 6) is -0.755. The average Bonchev–Trinajstić information content (AvgIpc) is 2.44. The Balaban J connectivity index is 3.08. The minimum Gasteiger partial charge on any atom is -0.468 e. The third kappa shape index (κ3) is 3.52. The first-order valence-electron chi connectivity index (χ1n) is 6.14. The molecule has 1 rings (SSSR count). The maximum Gasteiger partial charge on any atom is 0.317 e. The Hall–Kier alpha value is -1.46. The van der Waals surface area contributed by atoms with Crippen molar-refractivity contribution < 1.29 is 18.7 Å². The molecule has 5 heteroatoms. The Kier molecular flexibility index (Phi) is 5.92. The minimum atomic E-state index is -0.943. The molecule has 19 heavy (non-hydrogen) atoms. The second-order valence-electron chi connectivity index (χ2n) is 4.38. The van der Waals surface area contributed by atoms with Crippen LogP contribution in [0.15, 0.2) is 24.3 Å². The van der Waals surface area contributed by atoms with E-state index in [4.69, 9.17) is 15.2 Å². The number of carbonyl (C=O) groups excluding carboxylic acids is 1. The van der Waals surface area contributed by atoms with Crippen molar-refractivity contribution in [3.63, 3.8) is 0 Å². The summed E-state index contributed by atoms with van der Waals surface area (Å²) in [5.41, 5.74) is 5.52. The molecule has 0 saturated heterocycles. The molecule has 1 aromatic carbocycles. The zero-order valence-corrected chi connectivity index (χ0v) is 11.3. The molecule has 1 unspecified atom stereocenters. The Morgan fingerprint density at radius 3 is 2.42 bits per heavy atom. The van der Waals surface area contributed by atoms with Crippen molar-refractivity contribution in [3.8, 4) is 0 Å². The van der Waals surface area contributed by atoms with E-state index in [2.05, 4.69) is 0 Å². The fourth-order valence-corrected chi connectivity index (χ4v) is 2.15. The van der Waals surface area contributed by atoms with E-state index in [1.54, 1.807) is 19.2 Å². The summed E-state index contributed by atoms with van der Waals surface area (Å²) in [6, 6.07) is 5.79. The van der Waals surface area contributed by atoms with E-state index in [-0.39, 0.29) is 12.4 Å². The summed E-state index contributed by atoms with van der Waals surface area (Å²) in [7, 11) is 2.92. The van der Waals surface area contributed by atoms with Crippen LogP contribution in [-0.4, -0.2) is 33.3 Å². The normalized spacial score (nSPS) is 13.9. The van der Waals surface area contributed by atoms with Crippen LogP contribution in [0.4, 0.5) is 4.39 Å². The van der Waals surface area contributed by atoms with E-state index < -0.39 is 11.4 Å². The Labute approximate surface area is 112 Å². The Morgan fingerprint density at radius 1 is 1.32 bits per heavy atom. The number of nitrogens with two attached hydrogens (primary N) is 1. The van der Waals surface area contributed by atoms with Crippen LogP contribution in [0.5, 0.6) is 0 Å². The number of esters is 1. The van der Waals surface area contributed by atoms with Crippen molar-refractivity contribution >= 4 is 5.97 Å². The highest BCUT2D eigenvalue weighted by Crippen LogP contribution is 2.30. The summed E-state index contributed by atoms with van der Waals surface area (Å²) < 4.78 is 22.9. The van der Waals surface area contributed by atoms with Gasteiger partial charge in [-0.1, -0.05) is 12.1 Å². The maximum absolute atomic E-state index is 13.0. The standard InChI is InChI=1S/C14H20FNO3/c1-18-9-3-8-14(10-16,13(17)19-2)11-4-6-12(15)7-5-11/h4-7H,3,8-10,16H2,1-2H3. The van der Waals surface area contributed by atoms with Crippen LogP contribution in [0.25, 0.3) is 0 Å². The number of methoxy groups -OCH3 is 2. The SMILES string of the molecule is COCCCC(CN)(C(=O)OC)c1ccc(F)cc1. The van der Waals surface area contributed by atoms with Crippen LogP contribution < -0.4 is 5.73 Å². The van der Waals surface area contributed by atoms with Crippen molar-refractivity contribution in [1.82, 2.24) is 0 Å². The van der Waals surface area contributed by atoms with Gasteiger partial charge in [-0.2, -0.15) is 0 Å². The fourth-order valence-electron chi connectivity index (χ4n) is 2.15. The molecule has 0 bridgehead atoms. The van der Waals surface area contributed by atoms with Crippen LogP contribution in [-0.2, 0) is 19.7 Å². The molecule has 0 saturated carbocycles. The van der Waals surface area contributed by atoms with Crippen LogP contribution in [0.1, 0.15) is 18.4 Å². The Bertz CT molecular complexity index is 408. The summed E-state index contributed by atoms with van der Waals surface area (Å²) in [6.45, 7) is 0.634. The van der Waals surface area contributed by atoms with Gasteiger partial charge < -0.3 is 15.2 Å². The van der Waals surface area contributed by atoms with E-state index in [1.807, 2.05) is 0 Å². The molecule has 106 valence electrons. The molecular weight excluding hydrogens is 249 g/mol. The molecule has 0 heterocycles. The highest BCUT2D eigenvalue weighted by molar-refractivity contribution is 5.83. The van der Waals surface area contributed by atoms with Gasteiger partial charge in [0.2, 0.25) is 0 Å². The van der Waals surface area contributed by atoms with E-state index in [9.17, 15) is 9.18 Å². The third-order valence-electron chi connectivity index (χ3n) is 3.27. The summed E-state index contributed by atoms with van der Waals surface area (Å²) in [5, 5.41) is 0. The second-order valence-corrected chi connectivity index (χ2v) is 4.38. The maximum atomic E-state index is 13.0. The smallest absolute Gasteiger partial charge is 0.317 e. The van der Waals surface area contributed by atoms with Gasteiger partial charge in [0, 0.05) is 20.3 Å².